The standard InChI is InChI=1S/C16H17FN6O/c1-11(24-13-6-4-5-12(17)9-13)14-7-8-18-16-20-15(21-23(14)16)19-10-22(2)3/h4-11H,1-3H3/t11-/m0/s1. The van der Waals surface area contributed by atoms with Crippen molar-refractivity contribution in [3.63, 3.8) is 0 Å². The summed E-state index contributed by atoms with van der Waals surface area (Å²) in [5.74, 6) is 0.828. The second-order valence-corrected chi connectivity index (χ2v) is 5.42. The highest BCUT2D eigenvalue weighted by Crippen LogP contribution is 2.22. The highest BCUT2D eigenvalue weighted by molar-refractivity contribution is 5.58. The first-order chi connectivity index (χ1) is 11.5. The summed E-state index contributed by atoms with van der Waals surface area (Å²) in [6.07, 6.45) is 2.87. The van der Waals surface area contributed by atoms with E-state index in [0.717, 1.165) is 5.69 Å². The lowest BCUT2D eigenvalue weighted by Gasteiger charge is -2.15. The molecule has 0 saturated carbocycles. The molecule has 0 fully saturated rings. The fourth-order valence-corrected chi connectivity index (χ4v) is 2.14. The molecule has 1 atom stereocenters. The van der Waals surface area contributed by atoms with E-state index in [1.54, 1.807) is 40.1 Å². The molecule has 1 aromatic carbocycles. The van der Waals surface area contributed by atoms with E-state index < -0.39 is 0 Å². The van der Waals surface area contributed by atoms with E-state index in [1.807, 2.05) is 21.0 Å². The highest BCUT2D eigenvalue weighted by Gasteiger charge is 2.15. The normalized spacial score (nSPS) is 12.7. The number of aliphatic imine (C=N–C) groups is 1. The van der Waals surface area contributed by atoms with Gasteiger partial charge in [-0.2, -0.15) is 9.50 Å². The third-order valence-electron chi connectivity index (χ3n) is 3.19. The maximum absolute atomic E-state index is 13.3. The van der Waals surface area contributed by atoms with E-state index in [9.17, 15) is 4.39 Å². The fourth-order valence-electron chi connectivity index (χ4n) is 2.14. The number of benzene rings is 1. The van der Waals surface area contributed by atoms with Crippen LogP contribution in [0.15, 0.2) is 41.5 Å². The Morgan fingerprint density at radius 1 is 1.33 bits per heavy atom. The fraction of sp³-hybridized carbons (Fsp3) is 0.250. The highest BCUT2D eigenvalue weighted by atomic mass is 19.1. The number of rotatable bonds is 5. The molecule has 0 amide bonds. The van der Waals surface area contributed by atoms with Gasteiger partial charge in [0.25, 0.3) is 11.7 Å². The Balaban J connectivity index is 1.90. The maximum atomic E-state index is 13.3. The molecule has 124 valence electrons. The van der Waals surface area contributed by atoms with Gasteiger partial charge in [0, 0.05) is 26.4 Å². The van der Waals surface area contributed by atoms with Gasteiger partial charge in [-0.05, 0) is 25.1 Å². The number of hydrogen-bond acceptors (Lipinski definition) is 5. The first-order valence-electron chi connectivity index (χ1n) is 7.37. The number of aromatic nitrogens is 4. The molecule has 7 nitrogen and oxygen atoms in total. The molecule has 0 aliphatic rings. The van der Waals surface area contributed by atoms with Gasteiger partial charge in [-0.15, -0.1) is 5.10 Å². The monoisotopic (exact) mass is 328 g/mol. The third-order valence-corrected chi connectivity index (χ3v) is 3.19. The molecule has 0 aliphatic carbocycles. The number of halogens is 1. The van der Waals surface area contributed by atoms with E-state index in [-0.39, 0.29) is 11.9 Å². The molecule has 0 spiro atoms. The van der Waals surface area contributed by atoms with E-state index in [0.29, 0.717) is 17.5 Å². The minimum absolute atomic E-state index is 0.307. The van der Waals surface area contributed by atoms with Gasteiger partial charge >= 0.3 is 0 Å². The van der Waals surface area contributed by atoms with E-state index in [2.05, 4.69) is 20.1 Å². The quantitative estimate of drug-likeness (QED) is 0.532. The van der Waals surface area contributed by atoms with Gasteiger partial charge in [0.15, 0.2) is 0 Å². The summed E-state index contributed by atoms with van der Waals surface area (Å²) in [4.78, 5) is 14.4. The molecule has 24 heavy (non-hydrogen) atoms. The molecule has 0 saturated heterocycles. The Labute approximate surface area is 138 Å². The van der Waals surface area contributed by atoms with Crippen molar-refractivity contribution in [3.8, 4) is 5.75 Å². The molecular weight excluding hydrogens is 311 g/mol. The second kappa shape index (κ2) is 6.61. The van der Waals surface area contributed by atoms with Gasteiger partial charge in [-0.25, -0.2) is 14.4 Å². The zero-order valence-electron chi connectivity index (χ0n) is 13.6. The molecule has 8 heteroatoms. The summed E-state index contributed by atoms with van der Waals surface area (Å²) in [5.41, 5.74) is 0.739. The first kappa shape index (κ1) is 15.9. The SMILES string of the molecule is C[C@H](Oc1cccc(F)c1)c1ccnc2nc(N=CN(C)C)nn12. The zero-order chi connectivity index (χ0) is 17.1. The van der Waals surface area contributed by atoms with Crippen molar-refractivity contribution in [1.29, 1.82) is 0 Å². The van der Waals surface area contributed by atoms with Crippen LogP contribution in [-0.2, 0) is 0 Å². The van der Waals surface area contributed by atoms with Crippen molar-refractivity contribution in [3.05, 3.63) is 48.0 Å². The molecule has 0 bridgehead atoms. The van der Waals surface area contributed by atoms with Gasteiger partial charge in [0.2, 0.25) is 0 Å². The Kier molecular flexibility index (Phi) is 4.37. The largest absolute Gasteiger partial charge is 0.484 e. The van der Waals surface area contributed by atoms with Crippen molar-refractivity contribution in [2.75, 3.05) is 14.1 Å². The van der Waals surface area contributed by atoms with Crippen LogP contribution in [0.2, 0.25) is 0 Å². The molecule has 3 aromatic rings. The van der Waals surface area contributed by atoms with Crippen LogP contribution < -0.4 is 4.74 Å². The number of ether oxygens (including phenoxy) is 1. The van der Waals surface area contributed by atoms with Gasteiger partial charge in [0.05, 0.1) is 12.0 Å². The lowest BCUT2D eigenvalue weighted by atomic mass is 10.2. The predicted molar refractivity (Wildman–Crippen MR) is 88.1 cm³/mol. The van der Waals surface area contributed by atoms with Crippen LogP contribution in [0.5, 0.6) is 5.75 Å². The Morgan fingerprint density at radius 3 is 2.92 bits per heavy atom. The molecule has 2 aromatic heterocycles. The van der Waals surface area contributed by atoms with Gasteiger partial charge in [-0.3, -0.25) is 0 Å². The van der Waals surface area contributed by atoms with Crippen LogP contribution in [0.3, 0.4) is 0 Å². The molecule has 2 heterocycles. The molecule has 3 rings (SSSR count). The van der Waals surface area contributed by atoms with Gasteiger partial charge < -0.3 is 9.64 Å². The van der Waals surface area contributed by atoms with Crippen LogP contribution >= 0.6 is 0 Å². The van der Waals surface area contributed by atoms with E-state index in [4.69, 9.17) is 4.74 Å². The van der Waals surface area contributed by atoms with Crippen LogP contribution in [0, 0.1) is 5.82 Å². The molecule has 0 radical (unpaired) electrons. The van der Waals surface area contributed by atoms with Crippen molar-refractivity contribution < 1.29 is 9.13 Å². The average Bonchev–Trinajstić information content (AvgIpc) is 2.95. The lowest BCUT2D eigenvalue weighted by molar-refractivity contribution is 0.218. The topological polar surface area (TPSA) is 67.9 Å². The third kappa shape index (κ3) is 3.48. The second-order valence-electron chi connectivity index (χ2n) is 5.42. The predicted octanol–water partition coefficient (Wildman–Crippen LogP) is 2.62. The molecule has 0 unspecified atom stereocenters. The summed E-state index contributed by atoms with van der Waals surface area (Å²) in [5, 5.41) is 4.33. The Hall–Kier alpha value is -3.03. The van der Waals surface area contributed by atoms with E-state index in [1.165, 1.54) is 12.1 Å². The average molecular weight is 328 g/mol. The van der Waals surface area contributed by atoms with Gasteiger partial charge in [-0.1, -0.05) is 6.07 Å². The molecule has 0 aliphatic heterocycles. The zero-order valence-corrected chi connectivity index (χ0v) is 13.6. The van der Waals surface area contributed by atoms with Crippen LogP contribution in [0.4, 0.5) is 10.3 Å². The minimum Gasteiger partial charge on any atom is -0.484 e. The van der Waals surface area contributed by atoms with Crippen molar-refractivity contribution >= 4 is 18.1 Å². The van der Waals surface area contributed by atoms with Crippen molar-refractivity contribution in [2.45, 2.75) is 13.0 Å². The number of nitrogens with zero attached hydrogens (tertiary/aromatic N) is 6. The maximum Gasteiger partial charge on any atom is 0.272 e. The summed E-state index contributed by atoms with van der Waals surface area (Å²) in [7, 11) is 3.72. The van der Waals surface area contributed by atoms with Gasteiger partial charge in [0.1, 0.15) is 17.7 Å². The van der Waals surface area contributed by atoms with Crippen LogP contribution in [0.1, 0.15) is 18.7 Å². The smallest absolute Gasteiger partial charge is 0.272 e. The summed E-state index contributed by atoms with van der Waals surface area (Å²) < 4.78 is 20.7. The molecule has 0 N–H and O–H groups in total. The Bertz CT molecular complexity index is 876. The van der Waals surface area contributed by atoms with Crippen molar-refractivity contribution in [1.82, 2.24) is 24.5 Å². The van der Waals surface area contributed by atoms with Crippen molar-refractivity contribution in [2.24, 2.45) is 4.99 Å². The first-order valence-corrected chi connectivity index (χ1v) is 7.37. The summed E-state index contributed by atoms with van der Waals surface area (Å²) in [6.45, 7) is 1.85. The summed E-state index contributed by atoms with van der Waals surface area (Å²) in [6, 6.07) is 7.79. The lowest BCUT2D eigenvalue weighted by Crippen LogP contribution is -2.10. The van der Waals surface area contributed by atoms with Crippen LogP contribution in [0.25, 0.3) is 5.78 Å². The summed E-state index contributed by atoms with van der Waals surface area (Å²) >= 11 is 0. The Morgan fingerprint density at radius 2 is 2.17 bits per heavy atom. The minimum atomic E-state index is -0.371. The number of fused-ring (bicyclic) bond motifs is 1. The van der Waals surface area contributed by atoms with E-state index >= 15 is 0 Å². The number of hydrogen-bond donors (Lipinski definition) is 0. The molecular formula is C16H17FN6O. The van der Waals surface area contributed by atoms with Crippen LogP contribution in [-0.4, -0.2) is 44.9 Å².